The monoisotopic (exact) mass is 548 g/mol. The summed E-state index contributed by atoms with van der Waals surface area (Å²) in [7, 11) is -7.04. The summed E-state index contributed by atoms with van der Waals surface area (Å²) in [6.07, 6.45) is 0. The van der Waals surface area contributed by atoms with Crippen LogP contribution in [0.4, 0.5) is 6.01 Å². The van der Waals surface area contributed by atoms with E-state index in [1.54, 1.807) is 19.1 Å². The number of nitrogens with zero attached hydrogens (tertiary/aromatic N) is 3. The first kappa shape index (κ1) is 28.5. The zero-order valence-electron chi connectivity index (χ0n) is 21.5. The van der Waals surface area contributed by atoms with Gasteiger partial charge in [-0.1, -0.05) is 39.7 Å². The molecule has 1 N–H and O–H groups in total. The largest absolute Gasteiger partial charge is 0.403 e. The zero-order valence-corrected chi connectivity index (χ0v) is 23.1. The van der Waals surface area contributed by atoms with Crippen LogP contribution in [0, 0.1) is 11.8 Å². The molecule has 3 aromatic rings. The van der Waals surface area contributed by atoms with Crippen LogP contribution in [-0.2, 0) is 19.9 Å². The summed E-state index contributed by atoms with van der Waals surface area (Å²) in [5, 5.41) is 10.2. The first-order valence-corrected chi connectivity index (χ1v) is 15.0. The molecule has 0 atom stereocenters. The molecule has 0 bridgehead atoms. The normalized spacial score (nSPS) is 12.4. The molecular formula is C25H32N4O6S2. The highest BCUT2D eigenvalue weighted by Gasteiger charge is 2.26. The van der Waals surface area contributed by atoms with Crippen LogP contribution in [0.2, 0.25) is 0 Å². The third-order valence-electron chi connectivity index (χ3n) is 5.38. The molecule has 0 unspecified atom stereocenters. The Labute approximate surface area is 218 Å². The quantitative estimate of drug-likeness (QED) is 0.378. The molecule has 0 aliphatic rings. The van der Waals surface area contributed by atoms with Crippen LogP contribution < -0.4 is 5.32 Å². The Balaban J connectivity index is 1.72. The molecule has 0 radical (unpaired) electrons. The second-order valence-electron chi connectivity index (χ2n) is 9.43. The van der Waals surface area contributed by atoms with E-state index in [0.717, 1.165) is 0 Å². The molecule has 0 aliphatic heterocycles. The Kier molecular flexibility index (Phi) is 8.88. The van der Waals surface area contributed by atoms with Crippen LogP contribution in [0.15, 0.2) is 62.7 Å². The van der Waals surface area contributed by atoms with Gasteiger partial charge in [0.2, 0.25) is 15.9 Å². The topological polar surface area (TPSA) is 140 Å². The standard InChI is InChI=1S/C25H32N4O6S2/c1-6-36(31,32)21-11-9-20(10-12-21)24-27-28-25(35-24)26-23(30)19-7-13-22(14-8-19)37(33,34)29(15-17(2)3)16-18(4)5/h7-14,17-18H,6,15-16H2,1-5H3,(H,26,28,30). The molecule has 2 aromatic carbocycles. The van der Waals surface area contributed by atoms with Crippen molar-refractivity contribution >= 4 is 31.8 Å². The highest BCUT2D eigenvalue weighted by molar-refractivity contribution is 7.91. The average Bonchev–Trinajstić information content (AvgIpc) is 3.31. The van der Waals surface area contributed by atoms with E-state index in [1.807, 2.05) is 27.7 Å². The van der Waals surface area contributed by atoms with Crippen LogP contribution >= 0.6 is 0 Å². The number of rotatable bonds is 11. The molecule has 10 nitrogen and oxygen atoms in total. The molecule has 0 saturated carbocycles. The maximum absolute atomic E-state index is 13.2. The predicted octanol–water partition coefficient (Wildman–Crippen LogP) is 4.09. The molecule has 0 saturated heterocycles. The number of hydrogen-bond acceptors (Lipinski definition) is 8. The minimum atomic E-state index is -3.71. The van der Waals surface area contributed by atoms with Gasteiger partial charge in [0.05, 0.1) is 15.5 Å². The first-order valence-electron chi connectivity index (χ1n) is 11.9. The summed E-state index contributed by atoms with van der Waals surface area (Å²) >= 11 is 0. The minimum absolute atomic E-state index is 0.00978. The number of hydrogen-bond donors (Lipinski definition) is 1. The molecule has 1 heterocycles. The Morgan fingerprint density at radius 1 is 0.865 bits per heavy atom. The highest BCUT2D eigenvalue weighted by Crippen LogP contribution is 2.23. The van der Waals surface area contributed by atoms with Crippen molar-refractivity contribution in [1.82, 2.24) is 14.5 Å². The van der Waals surface area contributed by atoms with Crippen LogP contribution in [-0.4, -0.2) is 56.1 Å². The third kappa shape index (κ3) is 7.02. The average molecular weight is 549 g/mol. The molecule has 12 heteroatoms. The molecule has 1 amide bonds. The summed E-state index contributed by atoms with van der Waals surface area (Å²) in [6.45, 7) is 10.2. The second kappa shape index (κ2) is 11.5. The lowest BCUT2D eigenvalue weighted by atomic mass is 10.2. The fourth-order valence-corrected chi connectivity index (χ4v) is 6.19. The Hall–Kier alpha value is -3.09. The van der Waals surface area contributed by atoms with Gasteiger partial charge in [0.15, 0.2) is 9.84 Å². The van der Waals surface area contributed by atoms with Gasteiger partial charge < -0.3 is 4.42 Å². The summed E-state index contributed by atoms with van der Waals surface area (Å²) < 4.78 is 57.2. The molecule has 0 fully saturated rings. The van der Waals surface area contributed by atoms with Crippen molar-refractivity contribution in [2.24, 2.45) is 11.8 Å². The van der Waals surface area contributed by atoms with Gasteiger partial charge in [-0.3, -0.25) is 10.1 Å². The maximum atomic E-state index is 13.2. The van der Waals surface area contributed by atoms with Gasteiger partial charge in [-0.25, -0.2) is 16.8 Å². The molecule has 0 aliphatic carbocycles. The van der Waals surface area contributed by atoms with Crippen molar-refractivity contribution in [3.8, 4) is 11.5 Å². The van der Waals surface area contributed by atoms with Crippen LogP contribution in [0.3, 0.4) is 0 Å². The summed E-state index contributed by atoms with van der Waals surface area (Å²) in [5.41, 5.74) is 0.706. The number of benzene rings is 2. The van der Waals surface area contributed by atoms with Crippen molar-refractivity contribution in [2.45, 2.75) is 44.4 Å². The van der Waals surface area contributed by atoms with Crippen molar-refractivity contribution in [3.05, 3.63) is 54.1 Å². The van der Waals surface area contributed by atoms with Gasteiger partial charge in [0.25, 0.3) is 5.91 Å². The van der Waals surface area contributed by atoms with E-state index in [-0.39, 0.29) is 44.8 Å². The van der Waals surface area contributed by atoms with E-state index >= 15 is 0 Å². The van der Waals surface area contributed by atoms with Crippen molar-refractivity contribution < 1.29 is 26.0 Å². The summed E-state index contributed by atoms with van der Waals surface area (Å²) in [6, 6.07) is 11.5. The molecule has 3 rings (SSSR count). The van der Waals surface area contributed by atoms with E-state index in [0.29, 0.717) is 18.7 Å². The Morgan fingerprint density at radius 2 is 1.41 bits per heavy atom. The Morgan fingerprint density at radius 3 is 1.92 bits per heavy atom. The summed E-state index contributed by atoms with van der Waals surface area (Å²) in [4.78, 5) is 13.0. The van der Waals surface area contributed by atoms with Crippen molar-refractivity contribution in [3.63, 3.8) is 0 Å². The Bertz CT molecular complexity index is 1420. The first-order chi connectivity index (χ1) is 17.3. The van der Waals surface area contributed by atoms with Crippen molar-refractivity contribution in [2.75, 3.05) is 24.2 Å². The summed E-state index contributed by atoms with van der Waals surface area (Å²) in [5.74, 6) is -0.123. The van der Waals surface area contributed by atoms with Crippen LogP contribution in [0.25, 0.3) is 11.5 Å². The number of sulfone groups is 1. The fraction of sp³-hybridized carbons (Fsp3) is 0.400. The molecule has 200 valence electrons. The minimum Gasteiger partial charge on any atom is -0.403 e. The smallest absolute Gasteiger partial charge is 0.322 e. The molecule has 1 aromatic heterocycles. The molecular weight excluding hydrogens is 516 g/mol. The lowest BCUT2D eigenvalue weighted by molar-refractivity contribution is 0.102. The lowest BCUT2D eigenvalue weighted by Crippen LogP contribution is -2.37. The van der Waals surface area contributed by atoms with E-state index in [4.69, 9.17) is 4.42 Å². The third-order valence-corrected chi connectivity index (χ3v) is 8.97. The number of anilines is 1. The van der Waals surface area contributed by atoms with Gasteiger partial charge in [-0.2, -0.15) is 4.31 Å². The number of aromatic nitrogens is 2. The highest BCUT2D eigenvalue weighted by atomic mass is 32.2. The lowest BCUT2D eigenvalue weighted by Gasteiger charge is -2.25. The van der Waals surface area contributed by atoms with Gasteiger partial charge in [-0.05, 0) is 60.4 Å². The number of nitrogens with one attached hydrogen (secondary N) is 1. The van der Waals surface area contributed by atoms with E-state index in [1.165, 1.54) is 40.7 Å². The van der Waals surface area contributed by atoms with Crippen LogP contribution in [0.1, 0.15) is 45.0 Å². The van der Waals surface area contributed by atoms with Gasteiger partial charge >= 0.3 is 6.01 Å². The zero-order chi connectivity index (χ0) is 27.4. The maximum Gasteiger partial charge on any atom is 0.322 e. The number of sulfonamides is 1. The second-order valence-corrected chi connectivity index (χ2v) is 13.6. The molecule has 0 spiro atoms. The molecule has 37 heavy (non-hydrogen) atoms. The van der Waals surface area contributed by atoms with E-state index in [2.05, 4.69) is 15.5 Å². The SMILES string of the molecule is CCS(=O)(=O)c1ccc(-c2nnc(NC(=O)c3ccc(S(=O)(=O)N(CC(C)C)CC(C)C)cc3)o2)cc1. The number of amides is 1. The van der Waals surface area contributed by atoms with E-state index in [9.17, 15) is 21.6 Å². The van der Waals surface area contributed by atoms with Crippen LogP contribution in [0.5, 0.6) is 0 Å². The van der Waals surface area contributed by atoms with Gasteiger partial charge in [0, 0.05) is 24.2 Å². The number of carbonyl (C=O) groups is 1. The predicted molar refractivity (Wildman–Crippen MR) is 140 cm³/mol. The van der Waals surface area contributed by atoms with E-state index < -0.39 is 25.8 Å². The fourth-order valence-electron chi connectivity index (χ4n) is 3.54. The van der Waals surface area contributed by atoms with Gasteiger partial charge in [0.1, 0.15) is 0 Å². The van der Waals surface area contributed by atoms with Crippen molar-refractivity contribution in [1.29, 1.82) is 0 Å². The number of carbonyl (C=O) groups excluding carboxylic acids is 1. The van der Waals surface area contributed by atoms with Gasteiger partial charge in [-0.15, -0.1) is 5.10 Å².